The third-order valence-electron chi connectivity index (χ3n) is 4.81. The predicted molar refractivity (Wildman–Crippen MR) is 102 cm³/mol. The first-order valence-corrected chi connectivity index (χ1v) is 8.92. The number of hydrogen-bond acceptors (Lipinski definition) is 7. The van der Waals surface area contributed by atoms with E-state index in [1.807, 2.05) is 37.4 Å². The number of aromatic nitrogens is 7. The molecule has 0 aliphatic carbocycles. The molecule has 5 heterocycles. The van der Waals surface area contributed by atoms with Gasteiger partial charge in [0.25, 0.3) is 0 Å². The number of nitrogens with zero attached hydrogens (tertiary/aromatic N) is 8. The van der Waals surface area contributed by atoms with E-state index < -0.39 is 0 Å². The van der Waals surface area contributed by atoms with E-state index in [2.05, 4.69) is 40.0 Å². The molecule has 0 bridgehead atoms. The molecule has 0 radical (unpaired) electrons. The second kappa shape index (κ2) is 6.35. The standard InChI is InChI=1S/C18H19N9/c1-13-11-14-17(22-13)18(20-12-19-14)26-9-7-25(8-10-26)15-3-4-16(24-23-15)27-6-2-5-21-27/h2-6,11-12,22H,7-10H2,1H3. The number of anilines is 2. The van der Waals surface area contributed by atoms with Crippen LogP contribution in [-0.4, -0.2) is 61.1 Å². The first kappa shape index (κ1) is 15.7. The van der Waals surface area contributed by atoms with Crippen LogP contribution in [-0.2, 0) is 0 Å². The molecule has 1 aliphatic heterocycles. The lowest BCUT2D eigenvalue weighted by atomic mass is 10.3. The maximum atomic E-state index is 4.51. The lowest BCUT2D eigenvalue weighted by Crippen LogP contribution is -2.47. The summed E-state index contributed by atoms with van der Waals surface area (Å²) in [5.41, 5.74) is 3.06. The van der Waals surface area contributed by atoms with Crippen LogP contribution in [0.25, 0.3) is 16.9 Å². The molecule has 5 rings (SSSR count). The Hall–Kier alpha value is -3.49. The van der Waals surface area contributed by atoms with Crippen LogP contribution in [0.2, 0.25) is 0 Å². The van der Waals surface area contributed by atoms with Gasteiger partial charge in [-0.05, 0) is 31.2 Å². The van der Waals surface area contributed by atoms with Crippen LogP contribution in [0.1, 0.15) is 5.69 Å². The molecule has 0 saturated carbocycles. The largest absolute Gasteiger partial charge is 0.354 e. The lowest BCUT2D eigenvalue weighted by Gasteiger charge is -2.35. The van der Waals surface area contributed by atoms with Crippen molar-refractivity contribution in [3.05, 3.63) is 48.7 Å². The van der Waals surface area contributed by atoms with Gasteiger partial charge in [0.1, 0.15) is 11.8 Å². The number of H-pyrrole nitrogens is 1. The Balaban J connectivity index is 1.31. The molecule has 0 amide bonds. The van der Waals surface area contributed by atoms with E-state index >= 15 is 0 Å². The molecular weight excluding hydrogens is 342 g/mol. The highest BCUT2D eigenvalue weighted by Crippen LogP contribution is 2.24. The molecule has 1 N–H and O–H groups in total. The first-order chi connectivity index (χ1) is 13.3. The minimum Gasteiger partial charge on any atom is -0.354 e. The molecule has 4 aromatic heterocycles. The van der Waals surface area contributed by atoms with Crippen molar-refractivity contribution in [3.63, 3.8) is 0 Å². The fraction of sp³-hybridized carbons (Fsp3) is 0.278. The van der Waals surface area contributed by atoms with Crippen molar-refractivity contribution in [2.45, 2.75) is 6.92 Å². The van der Waals surface area contributed by atoms with Crippen molar-refractivity contribution < 1.29 is 0 Å². The topological polar surface area (TPSA) is 91.7 Å². The highest BCUT2D eigenvalue weighted by Gasteiger charge is 2.21. The van der Waals surface area contributed by atoms with Crippen molar-refractivity contribution in [3.8, 4) is 5.82 Å². The molecule has 4 aromatic rings. The van der Waals surface area contributed by atoms with Crippen LogP contribution in [0.5, 0.6) is 0 Å². The van der Waals surface area contributed by atoms with Gasteiger partial charge in [-0.3, -0.25) is 0 Å². The second-order valence-electron chi connectivity index (χ2n) is 6.58. The van der Waals surface area contributed by atoms with E-state index in [4.69, 9.17) is 0 Å². The Morgan fingerprint density at radius 3 is 2.48 bits per heavy atom. The number of hydrogen-bond donors (Lipinski definition) is 1. The van der Waals surface area contributed by atoms with Gasteiger partial charge in [-0.25, -0.2) is 14.6 Å². The average Bonchev–Trinajstić information content (AvgIpc) is 3.37. The average molecular weight is 361 g/mol. The molecule has 0 unspecified atom stereocenters. The molecule has 27 heavy (non-hydrogen) atoms. The number of fused-ring (bicyclic) bond motifs is 1. The smallest absolute Gasteiger partial charge is 0.175 e. The maximum Gasteiger partial charge on any atom is 0.175 e. The van der Waals surface area contributed by atoms with E-state index in [1.54, 1.807) is 17.2 Å². The minimum absolute atomic E-state index is 0.716. The third kappa shape index (κ3) is 2.86. The Bertz CT molecular complexity index is 1040. The highest BCUT2D eigenvalue weighted by molar-refractivity contribution is 5.86. The van der Waals surface area contributed by atoms with Crippen LogP contribution >= 0.6 is 0 Å². The number of aryl methyl sites for hydroxylation is 1. The molecular formula is C18H19N9. The second-order valence-corrected chi connectivity index (χ2v) is 6.58. The maximum absolute atomic E-state index is 4.51. The highest BCUT2D eigenvalue weighted by atomic mass is 15.4. The number of rotatable bonds is 3. The molecule has 9 nitrogen and oxygen atoms in total. The minimum atomic E-state index is 0.716. The molecule has 0 spiro atoms. The Kier molecular flexibility index (Phi) is 3.70. The zero-order valence-electron chi connectivity index (χ0n) is 14.9. The number of aromatic amines is 1. The van der Waals surface area contributed by atoms with E-state index in [9.17, 15) is 0 Å². The molecule has 1 aliphatic rings. The monoisotopic (exact) mass is 361 g/mol. The third-order valence-corrected chi connectivity index (χ3v) is 4.81. The van der Waals surface area contributed by atoms with E-state index in [-0.39, 0.29) is 0 Å². The fourth-order valence-corrected chi connectivity index (χ4v) is 3.46. The molecule has 0 aromatic carbocycles. The molecule has 136 valence electrons. The summed E-state index contributed by atoms with van der Waals surface area (Å²) in [6, 6.07) is 7.85. The van der Waals surface area contributed by atoms with Crippen molar-refractivity contribution in [2.75, 3.05) is 36.0 Å². The van der Waals surface area contributed by atoms with Gasteiger partial charge in [0.2, 0.25) is 0 Å². The van der Waals surface area contributed by atoms with Crippen LogP contribution in [0.4, 0.5) is 11.6 Å². The Labute approximate surface area is 155 Å². The van der Waals surface area contributed by atoms with Gasteiger partial charge in [-0.15, -0.1) is 10.2 Å². The summed E-state index contributed by atoms with van der Waals surface area (Å²) < 4.78 is 1.70. The van der Waals surface area contributed by atoms with Gasteiger partial charge in [0.05, 0.1) is 5.52 Å². The zero-order chi connectivity index (χ0) is 18.2. The Morgan fingerprint density at radius 1 is 0.963 bits per heavy atom. The zero-order valence-corrected chi connectivity index (χ0v) is 14.9. The fourth-order valence-electron chi connectivity index (χ4n) is 3.46. The van der Waals surface area contributed by atoms with Crippen molar-refractivity contribution >= 4 is 22.7 Å². The van der Waals surface area contributed by atoms with Crippen molar-refractivity contribution in [2.24, 2.45) is 0 Å². The van der Waals surface area contributed by atoms with Crippen molar-refractivity contribution in [1.29, 1.82) is 0 Å². The van der Waals surface area contributed by atoms with Gasteiger partial charge in [0.15, 0.2) is 17.5 Å². The van der Waals surface area contributed by atoms with Crippen LogP contribution in [0, 0.1) is 6.92 Å². The van der Waals surface area contributed by atoms with Crippen LogP contribution < -0.4 is 9.80 Å². The van der Waals surface area contributed by atoms with Crippen LogP contribution in [0.3, 0.4) is 0 Å². The molecule has 9 heteroatoms. The Morgan fingerprint density at radius 2 is 1.74 bits per heavy atom. The quantitative estimate of drug-likeness (QED) is 0.592. The van der Waals surface area contributed by atoms with Crippen molar-refractivity contribution in [1.82, 2.24) is 34.9 Å². The number of nitrogens with one attached hydrogen (secondary N) is 1. The van der Waals surface area contributed by atoms with Gasteiger partial charge >= 0.3 is 0 Å². The molecule has 0 atom stereocenters. The van der Waals surface area contributed by atoms with Gasteiger partial charge in [-0.2, -0.15) is 5.10 Å². The summed E-state index contributed by atoms with van der Waals surface area (Å²) in [6.07, 6.45) is 5.22. The van der Waals surface area contributed by atoms with E-state index in [1.165, 1.54) is 0 Å². The first-order valence-electron chi connectivity index (χ1n) is 8.92. The number of piperazine rings is 1. The summed E-state index contributed by atoms with van der Waals surface area (Å²) in [5.74, 6) is 2.56. The molecule has 1 saturated heterocycles. The molecule has 1 fully saturated rings. The van der Waals surface area contributed by atoms with Crippen LogP contribution in [0.15, 0.2) is 43.0 Å². The van der Waals surface area contributed by atoms with E-state index in [0.717, 1.165) is 54.5 Å². The predicted octanol–water partition coefficient (Wildman–Crippen LogP) is 1.57. The summed E-state index contributed by atoms with van der Waals surface area (Å²) in [4.78, 5) is 16.8. The van der Waals surface area contributed by atoms with Gasteiger partial charge in [0, 0.05) is 44.3 Å². The summed E-state index contributed by atoms with van der Waals surface area (Å²) in [7, 11) is 0. The summed E-state index contributed by atoms with van der Waals surface area (Å²) >= 11 is 0. The van der Waals surface area contributed by atoms with E-state index in [0.29, 0.717) is 5.82 Å². The lowest BCUT2D eigenvalue weighted by molar-refractivity contribution is 0.637. The normalized spacial score (nSPS) is 14.9. The summed E-state index contributed by atoms with van der Waals surface area (Å²) in [5, 5.41) is 12.8. The summed E-state index contributed by atoms with van der Waals surface area (Å²) in [6.45, 7) is 5.50. The van der Waals surface area contributed by atoms with Gasteiger partial charge in [-0.1, -0.05) is 0 Å². The van der Waals surface area contributed by atoms with Gasteiger partial charge < -0.3 is 14.8 Å². The SMILES string of the molecule is Cc1cc2ncnc(N3CCN(c4ccc(-n5cccn5)nn4)CC3)c2[nH]1.